The molecule has 3 heteroatoms. The van der Waals surface area contributed by atoms with Crippen molar-refractivity contribution in [1.29, 1.82) is 0 Å². The highest BCUT2D eigenvalue weighted by atomic mass is 19.4. The largest absolute Gasteiger partial charge is 0.416 e. The maximum atomic E-state index is 12.1. The Bertz CT molecular complexity index is 799. The van der Waals surface area contributed by atoms with Crippen LogP contribution in [0.15, 0.2) is 72.8 Å². The SMILES string of the molecule is CCc1ccc(C)cc1.CCc1ccc(C)cc1.CCc1cccc(C(F)(F)F)c1. The fraction of sp³-hybridized carbons (Fsp3) is 0.333. The Morgan fingerprint density at radius 2 is 0.967 bits per heavy atom. The Labute approximate surface area is 179 Å². The Balaban J connectivity index is 0.000000229. The molecule has 162 valence electrons. The standard InChI is InChI=1S/C9H9F3.2C9H12/c1-2-7-4-3-5-8(6-7)9(10,11)12;2*1-3-9-6-4-8(2)5-7-9/h3-6H,2H2,1H3;2*4-7H,3H2,1-2H3. The van der Waals surface area contributed by atoms with Crippen LogP contribution in [0.2, 0.25) is 0 Å². The molecule has 0 radical (unpaired) electrons. The molecule has 3 aromatic carbocycles. The first-order valence-corrected chi connectivity index (χ1v) is 10.5. The fourth-order valence-electron chi connectivity index (χ4n) is 2.62. The van der Waals surface area contributed by atoms with Crippen molar-refractivity contribution in [1.82, 2.24) is 0 Å². The van der Waals surface area contributed by atoms with Crippen LogP contribution in [0.4, 0.5) is 13.2 Å². The lowest BCUT2D eigenvalue weighted by Gasteiger charge is -2.06. The number of hydrogen-bond donors (Lipinski definition) is 0. The molecule has 0 aromatic heterocycles. The second-order valence-electron chi connectivity index (χ2n) is 7.23. The number of halogens is 3. The molecule has 0 amide bonds. The highest BCUT2D eigenvalue weighted by molar-refractivity contribution is 5.25. The average Bonchev–Trinajstić information content (AvgIpc) is 2.75. The van der Waals surface area contributed by atoms with Gasteiger partial charge < -0.3 is 0 Å². The second-order valence-corrected chi connectivity index (χ2v) is 7.23. The van der Waals surface area contributed by atoms with Gasteiger partial charge in [-0.25, -0.2) is 0 Å². The minimum absolute atomic E-state index is 0.568. The zero-order valence-electron chi connectivity index (χ0n) is 18.7. The lowest BCUT2D eigenvalue weighted by molar-refractivity contribution is -0.137. The number of alkyl halides is 3. The van der Waals surface area contributed by atoms with Gasteiger partial charge in [-0.05, 0) is 55.9 Å². The van der Waals surface area contributed by atoms with Crippen molar-refractivity contribution in [3.05, 3.63) is 106 Å². The Morgan fingerprint density at radius 3 is 1.30 bits per heavy atom. The average molecular weight is 415 g/mol. The van der Waals surface area contributed by atoms with Crippen LogP contribution in [0.1, 0.15) is 54.2 Å². The van der Waals surface area contributed by atoms with Crippen LogP contribution in [-0.4, -0.2) is 0 Å². The normalized spacial score (nSPS) is 10.4. The minimum atomic E-state index is -4.22. The van der Waals surface area contributed by atoms with Crippen LogP contribution in [0.25, 0.3) is 0 Å². The van der Waals surface area contributed by atoms with Crippen molar-refractivity contribution >= 4 is 0 Å². The van der Waals surface area contributed by atoms with Crippen molar-refractivity contribution in [2.24, 2.45) is 0 Å². The summed E-state index contributed by atoms with van der Waals surface area (Å²) in [6, 6.07) is 22.7. The van der Waals surface area contributed by atoms with Crippen molar-refractivity contribution < 1.29 is 13.2 Å². The zero-order valence-corrected chi connectivity index (χ0v) is 18.7. The van der Waals surface area contributed by atoms with Gasteiger partial charge in [-0.15, -0.1) is 0 Å². The number of rotatable bonds is 3. The van der Waals surface area contributed by atoms with E-state index < -0.39 is 11.7 Å². The molecule has 0 bridgehead atoms. The molecule has 0 fully saturated rings. The lowest BCUT2D eigenvalue weighted by Crippen LogP contribution is -2.04. The van der Waals surface area contributed by atoms with E-state index in [1.54, 1.807) is 6.07 Å². The van der Waals surface area contributed by atoms with E-state index in [4.69, 9.17) is 0 Å². The van der Waals surface area contributed by atoms with E-state index in [1.165, 1.54) is 34.4 Å². The van der Waals surface area contributed by atoms with Gasteiger partial charge in [0.05, 0.1) is 5.56 Å². The van der Waals surface area contributed by atoms with E-state index in [0.29, 0.717) is 12.0 Å². The van der Waals surface area contributed by atoms with Gasteiger partial charge in [0.2, 0.25) is 0 Å². The third kappa shape index (κ3) is 9.78. The van der Waals surface area contributed by atoms with Gasteiger partial charge in [0.25, 0.3) is 0 Å². The molecule has 30 heavy (non-hydrogen) atoms. The maximum Gasteiger partial charge on any atom is 0.416 e. The summed E-state index contributed by atoms with van der Waals surface area (Å²) in [5, 5.41) is 0. The van der Waals surface area contributed by atoms with E-state index >= 15 is 0 Å². The minimum Gasteiger partial charge on any atom is -0.166 e. The van der Waals surface area contributed by atoms with E-state index in [9.17, 15) is 13.2 Å². The van der Waals surface area contributed by atoms with E-state index in [0.717, 1.165) is 18.9 Å². The highest BCUT2D eigenvalue weighted by Gasteiger charge is 2.30. The third-order valence-electron chi connectivity index (χ3n) is 4.72. The summed E-state index contributed by atoms with van der Waals surface area (Å²) in [6.45, 7) is 10.4. The summed E-state index contributed by atoms with van der Waals surface area (Å²) in [5.74, 6) is 0. The predicted octanol–water partition coefficient (Wildman–Crippen LogP) is 8.38. The smallest absolute Gasteiger partial charge is 0.166 e. The monoisotopic (exact) mass is 414 g/mol. The molecule has 0 aliphatic rings. The van der Waals surface area contributed by atoms with Crippen LogP contribution >= 0.6 is 0 Å². The van der Waals surface area contributed by atoms with Gasteiger partial charge in [-0.2, -0.15) is 13.2 Å². The van der Waals surface area contributed by atoms with Gasteiger partial charge in [0, 0.05) is 0 Å². The van der Waals surface area contributed by atoms with Crippen molar-refractivity contribution in [2.75, 3.05) is 0 Å². The van der Waals surface area contributed by atoms with Gasteiger partial charge in [-0.1, -0.05) is 98.6 Å². The van der Waals surface area contributed by atoms with Crippen LogP contribution < -0.4 is 0 Å². The maximum absolute atomic E-state index is 12.1. The molecule has 0 aliphatic heterocycles. The fourth-order valence-corrected chi connectivity index (χ4v) is 2.62. The van der Waals surface area contributed by atoms with Crippen LogP contribution in [0, 0.1) is 13.8 Å². The summed E-state index contributed by atoms with van der Waals surface area (Å²) >= 11 is 0. The van der Waals surface area contributed by atoms with Gasteiger partial charge in [0.15, 0.2) is 0 Å². The summed E-state index contributed by atoms with van der Waals surface area (Å²) in [6.07, 6.45) is -1.31. The Hall–Kier alpha value is -2.55. The van der Waals surface area contributed by atoms with E-state index in [-0.39, 0.29) is 0 Å². The molecular weight excluding hydrogens is 381 g/mol. The van der Waals surface area contributed by atoms with Gasteiger partial charge in [0.1, 0.15) is 0 Å². The molecule has 0 spiro atoms. The van der Waals surface area contributed by atoms with Crippen molar-refractivity contribution in [3.63, 3.8) is 0 Å². The Kier molecular flexibility index (Phi) is 11.0. The molecule has 3 aromatic rings. The van der Waals surface area contributed by atoms with Gasteiger partial charge >= 0.3 is 6.18 Å². The molecule has 0 saturated heterocycles. The summed E-state index contributed by atoms with van der Waals surface area (Å²) in [7, 11) is 0. The molecule has 0 saturated carbocycles. The first kappa shape index (κ1) is 25.5. The molecular formula is C27H33F3. The number of benzene rings is 3. The quantitative estimate of drug-likeness (QED) is 0.404. The van der Waals surface area contributed by atoms with E-state index in [1.807, 2.05) is 6.92 Å². The zero-order chi connectivity index (χ0) is 22.6. The number of hydrogen-bond acceptors (Lipinski definition) is 0. The summed E-state index contributed by atoms with van der Waals surface area (Å²) < 4.78 is 36.3. The van der Waals surface area contributed by atoms with Gasteiger partial charge in [-0.3, -0.25) is 0 Å². The van der Waals surface area contributed by atoms with Crippen LogP contribution in [-0.2, 0) is 25.4 Å². The molecule has 0 N–H and O–H groups in total. The Morgan fingerprint density at radius 1 is 0.567 bits per heavy atom. The molecule has 0 unspecified atom stereocenters. The first-order valence-electron chi connectivity index (χ1n) is 10.5. The summed E-state index contributed by atoms with van der Waals surface area (Å²) in [4.78, 5) is 0. The lowest BCUT2D eigenvalue weighted by atomic mass is 10.1. The second kappa shape index (κ2) is 12.9. The van der Waals surface area contributed by atoms with E-state index in [2.05, 4.69) is 76.2 Å². The summed E-state index contributed by atoms with van der Waals surface area (Å²) in [5.41, 5.74) is 5.66. The molecule has 0 aliphatic carbocycles. The first-order chi connectivity index (χ1) is 14.2. The number of aryl methyl sites for hydroxylation is 5. The predicted molar refractivity (Wildman–Crippen MR) is 122 cm³/mol. The van der Waals surface area contributed by atoms with Crippen molar-refractivity contribution in [3.8, 4) is 0 Å². The third-order valence-corrected chi connectivity index (χ3v) is 4.72. The molecule has 3 rings (SSSR count). The van der Waals surface area contributed by atoms with Crippen molar-refractivity contribution in [2.45, 2.75) is 60.1 Å². The topological polar surface area (TPSA) is 0 Å². The van der Waals surface area contributed by atoms with Crippen LogP contribution in [0.3, 0.4) is 0 Å². The molecule has 0 heterocycles. The molecule has 0 nitrogen and oxygen atoms in total. The van der Waals surface area contributed by atoms with Crippen LogP contribution in [0.5, 0.6) is 0 Å². The highest BCUT2D eigenvalue weighted by Crippen LogP contribution is 2.29. The molecule has 0 atom stereocenters.